The monoisotopic (exact) mass is 264 g/mol. The van der Waals surface area contributed by atoms with Crippen LogP contribution in [0.15, 0.2) is 12.2 Å². The van der Waals surface area contributed by atoms with Gasteiger partial charge in [0.25, 0.3) is 0 Å². The summed E-state index contributed by atoms with van der Waals surface area (Å²) >= 11 is 0. The number of rotatable bonds is 3. The largest absolute Gasteiger partial charge is 0.545 e. The van der Waals surface area contributed by atoms with Crippen molar-refractivity contribution in [2.45, 2.75) is 37.9 Å². The molecule has 0 unspecified atom stereocenters. The molecule has 1 aliphatic carbocycles. The third-order valence-corrected chi connectivity index (χ3v) is 2.85. The molecule has 1 rings (SSSR count). The fraction of sp³-hybridized carbons (Fsp3) is 0.636. The number of alkyl halides is 3. The highest BCUT2D eigenvalue weighted by Gasteiger charge is 2.42. The van der Waals surface area contributed by atoms with E-state index in [2.05, 4.69) is 5.32 Å². The Labute approximate surface area is 102 Å². The number of hydrogen-bond acceptors (Lipinski definition) is 3. The Morgan fingerprint density at radius 1 is 1.22 bits per heavy atom. The van der Waals surface area contributed by atoms with Gasteiger partial charge in [0.05, 0.1) is 11.9 Å². The van der Waals surface area contributed by atoms with Gasteiger partial charge >= 0.3 is 6.18 Å². The average molecular weight is 264 g/mol. The van der Waals surface area contributed by atoms with Crippen LogP contribution in [0.25, 0.3) is 0 Å². The van der Waals surface area contributed by atoms with Crippen molar-refractivity contribution in [3.8, 4) is 0 Å². The molecule has 0 bridgehead atoms. The Morgan fingerprint density at radius 2 is 1.89 bits per heavy atom. The minimum Gasteiger partial charge on any atom is -0.545 e. The summed E-state index contributed by atoms with van der Waals surface area (Å²) in [6.45, 7) is 0. The van der Waals surface area contributed by atoms with Gasteiger partial charge < -0.3 is 15.2 Å². The van der Waals surface area contributed by atoms with Gasteiger partial charge in [-0.3, -0.25) is 4.79 Å². The Hall–Kier alpha value is -1.53. The molecule has 18 heavy (non-hydrogen) atoms. The molecule has 0 heterocycles. The Balaban J connectivity index is 2.48. The molecule has 0 saturated heterocycles. The fourth-order valence-corrected chi connectivity index (χ4v) is 2.01. The Morgan fingerprint density at radius 3 is 2.44 bits per heavy atom. The molecule has 0 radical (unpaired) electrons. The highest BCUT2D eigenvalue weighted by atomic mass is 19.4. The van der Waals surface area contributed by atoms with E-state index in [9.17, 15) is 27.9 Å². The van der Waals surface area contributed by atoms with Crippen molar-refractivity contribution in [3.63, 3.8) is 0 Å². The van der Waals surface area contributed by atoms with Crippen LogP contribution >= 0.6 is 0 Å². The van der Waals surface area contributed by atoms with Crippen molar-refractivity contribution in [2.24, 2.45) is 5.92 Å². The van der Waals surface area contributed by atoms with E-state index in [0.29, 0.717) is 18.9 Å². The van der Waals surface area contributed by atoms with E-state index in [-0.39, 0.29) is 12.8 Å². The zero-order valence-electron chi connectivity index (χ0n) is 9.50. The van der Waals surface area contributed by atoms with Gasteiger partial charge in [0, 0.05) is 12.1 Å². The lowest BCUT2D eigenvalue weighted by atomic mass is 9.85. The standard InChI is InChI=1S/C11H14F3NO3/c12-11(13,14)7-2-1-3-8(6-7)15-9(16)4-5-10(17)18/h4-5,7-8H,1-3,6H2,(H,15,16)(H,17,18)/p-1/b5-4+/t7-,8+/m1/s1. The lowest BCUT2D eigenvalue weighted by Gasteiger charge is -2.30. The van der Waals surface area contributed by atoms with Crippen LogP contribution in [0, 0.1) is 5.92 Å². The van der Waals surface area contributed by atoms with Crippen molar-refractivity contribution >= 4 is 11.9 Å². The summed E-state index contributed by atoms with van der Waals surface area (Å²) in [4.78, 5) is 21.3. The van der Waals surface area contributed by atoms with Gasteiger partial charge in [0.2, 0.25) is 5.91 Å². The van der Waals surface area contributed by atoms with Gasteiger partial charge in [-0.15, -0.1) is 0 Å². The van der Waals surface area contributed by atoms with E-state index in [4.69, 9.17) is 0 Å². The number of aliphatic carboxylic acids is 1. The molecule has 0 aliphatic heterocycles. The van der Waals surface area contributed by atoms with Gasteiger partial charge in [-0.1, -0.05) is 6.42 Å². The topological polar surface area (TPSA) is 69.2 Å². The normalized spacial score (nSPS) is 25.1. The number of halogens is 3. The van der Waals surface area contributed by atoms with Crippen molar-refractivity contribution in [3.05, 3.63) is 12.2 Å². The second kappa shape index (κ2) is 5.88. The number of carboxylic acids is 1. The quantitative estimate of drug-likeness (QED) is 0.756. The first-order valence-corrected chi connectivity index (χ1v) is 5.55. The molecule has 0 aromatic carbocycles. The molecule has 1 N–H and O–H groups in total. The van der Waals surface area contributed by atoms with Crippen LogP contribution in [0.3, 0.4) is 0 Å². The summed E-state index contributed by atoms with van der Waals surface area (Å²) in [5, 5.41) is 12.4. The van der Waals surface area contributed by atoms with E-state index >= 15 is 0 Å². The second-order valence-electron chi connectivity index (χ2n) is 4.26. The second-order valence-corrected chi connectivity index (χ2v) is 4.26. The van der Waals surface area contributed by atoms with E-state index in [1.54, 1.807) is 0 Å². The first kappa shape index (κ1) is 14.5. The molecule has 0 aromatic rings. The highest BCUT2D eigenvalue weighted by molar-refractivity contribution is 5.93. The lowest BCUT2D eigenvalue weighted by Crippen LogP contribution is -2.41. The van der Waals surface area contributed by atoms with Crippen LogP contribution in [-0.2, 0) is 9.59 Å². The molecule has 1 fully saturated rings. The summed E-state index contributed by atoms with van der Waals surface area (Å²) in [5.74, 6) is -3.64. The molecule has 1 amide bonds. The SMILES string of the molecule is O=C([O-])/C=C/C(=O)N[C@H]1CCC[C@@H](C(F)(F)F)C1. The smallest absolute Gasteiger partial charge is 0.391 e. The molecule has 0 aromatic heterocycles. The van der Waals surface area contributed by atoms with Gasteiger partial charge in [0.1, 0.15) is 0 Å². The number of amides is 1. The minimum absolute atomic E-state index is 0.0742. The van der Waals surface area contributed by atoms with Gasteiger partial charge in [-0.05, 0) is 25.3 Å². The summed E-state index contributed by atoms with van der Waals surface area (Å²) in [7, 11) is 0. The average Bonchev–Trinajstić information content (AvgIpc) is 2.25. The van der Waals surface area contributed by atoms with Crippen molar-refractivity contribution in [2.75, 3.05) is 0 Å². The number of carbonyl (C=O) groups excluding carboxylic acids is 2. The van der Waals surface area contributed by atoms with E-state index < -0.39 is 30.0 Å². The Bertz CT molecular complexity index is 352. The Kier molecular flexibility index (Phi) is 4.75. The molecular formula is C11H13F3NO3-. The van der Waals surface area contributed by atoms with Crippen molar-refractivity contribution < 1.29 is 27.9 Å². The summed E-state index contributed by atoms with van der Waals surface area (Å²) in [6.07, 6.45) is -2.19. The molecule has 1 saturated carbocycles. The third kappa shape index (κ3) is 4.77. The zero-order valence-corrected chi connectivity index (χ0v) is 9.50. The van der Waals surface area contributed by atoms with Crippen LogP contribution in [-0.4, -0.2) is 24.1 Å². The molecule has 0 spiro atoms. The van der Waals surface area contributed by atoms with E-state index in [1.807, 2.05) is 0 Å². The molecule has 102 valence electrons. The van der Waals surface area contributed by atoms with Gasteiger partial charge in [-0.25, -0.2) is 0 Å². The van der Waals surface area contributed by atoms with E-state index in [0.717, 1.165) is 6.08 Å². The first-order chi connectivity index (χ1) is 8.29. The summed E-state index contributed by atoms with van der Waals surface area (Å²) in [5.41, 5.74) is 0. The molecule has 2 atom stereocenters. The lowest BCUT2D eigenvalue weighted by molar-refractivity contribution is -0.297. The number of hydrogen-bond donors (Lipinski definition) is 1. The molecule has 1 aliphatic rings. The minimum atomic E-state index is -4.25. The first-order valence-electron chi connectivity index (χ1n) is 5.55. The van der Waals surface area contributed by atoms with Crippen LogP contribution in [0.4, 0.5) is 13.2 Å². The van der Waals surface area contributed by atoms with Crippen LogP contribution in [0.2, 0.25) is 0 Å². The van der Waals surface area contributed by atoms with Crippen LogP contribution in [0.5, 0.6) is 0 Å². The highest BCUT2D eigenvalue weighted by Crippen LogP contribution is 2.37. The molecule has 7 heteroatoms. The maximum absolute atomic E-state index is 12.5. The molecule has 4 nitrogen and oxygen atoms in total. The number of carboxylic acid groups (broad SMARTS) is 1. The summed E-state index contributed by atoms with van der Waals surface area (Å²) in [6, 6.07) is -0.565. The van der Waals surface area contributed by atoms with Crippen molar-refractivity contribution in [1.82, 2.24) is 5.32 Å². The fourth-order valence-electron chi connectivity index (χ4n) is 2.01. The zero-order chi connectivity index (χ0) is 13.8. The van der Waals surface area contributed by atoms with Gasteiger partial charge in [-0.2, -0.15) is 13.2 Å². The predicted octanol–water partition coefficient (Wildman–Crippen LogP) is 0.530. The predicted molar refractivity (Wildman–Crippen MR) is 54.1 cm³/mol. The van der Waals surface area contributed by atoms with E-state index in [1.165, 1.54) is 0 Å². The van der Waals surface area contributed by atoms with Gasteiger partial charge in [0.15, 0.2) is 0 Å². The number of carbonyl (C=O) groups is 2. The van der Waals surface area contributed by atoms with Crippen LogP contribution in [0.1, 0.15) is 25.7 Å². The summed E-state index contributed by atoms with van der Waals surface area (Å²) < 4.78 is 37.5. The van der Waals surface area contributed by atoms with Crippen molar-refractivity contribution in [1.29, 1.82) is 0 Å². The van der Waals surface area contributed by atoms with Crippen LogP contribution < -0.4 is 10.4 Å². The maximum Gasteiger partial charge on any atom is 0.391 e. The maximum atomic E-state index is 12.5. The number of nitrogens with one attached hydrogen (secondary N) is 1. The third-order valence-electron chi connectivity index (χ3n) is 2.85. The molecular weight excluding hydrogens is 251 g/mol.